The fourth-order valence-electron chi connectivity index (χ4n) is 2.48. The van der Waals surface area contributed by atoms with E-state index in [0.29, 0.717) is 32.7 Å². The van der Waals surface area contributed by atoms with Crippen LogP contribution in [-0.2, 0) is 0 Å². The van der Waals surface area contributed by atoms with Gasteiger partial charge in [-0.15, -0.1) is 0 Å². The first kappa shape index (κ1) is 19.7. The molecule has 0 atom stereocenters. The van der Waals surface area contributed by atoms with Gasteiger partial charge in [0.1, 0.15) is 5.75 Å². The first-order valence-electron chi connectivity index (χ1n) is 8.28. The smallest absolute Gasteiger partial charge is 0.257 e. The Balaban J connectivity index is 1.82. The Labute approximate surface area is 172 Å². The zero-order valence-corrected chi connectivity index (χ0v) is 16.3. The Hall–Kier alpha value is -3.02. The molecular weight excluding hydrogens is 399 g/mol. The SMILES string of the molecule is COc1ccc(C(=O)Nc2ccc(Cl)cc2C(=O)Nc2ccc(Cl)cc2)cc1. The van der Waals surface area contributed by atoms with E-state index < -0.39 is 5.91 Å². The Bertz CT molecular complexity index is 1000. The molecule has 0 spiro atoms. The molecule has 0 saturated heterocycles. The van der Waals surface area contributed by atoms with Crippen molar-refractivity contribution in [2.75, 3.05) is 17.7 Å². The molecule has 0 saturated carbocycles. The average Bonchev–Trinajstić information content (AvgIpc) is 2.71. The molecule has 0 aliphatic heterocycles. The summed E-state index contributed by atoms with van der Waals surface area (Å²) in [5.74, 6) is -0.119. The summed E-state index contributed by atoms with van der Waals surface area (Å²) >= 11 is 11.9. The maximum atomic E-state index is 12.7. The number of amides is 2. The van der Waals surface area contributed by atoms with Crippen LogP contribution in [0, 0.1) is 0 Å². The van der Waals surface area contributed by atoms with Crippen molar-refractivity contribution in [1.82, 2.24) is 0 Å². The van der Waals surface area contributed by atoms with Gasteiger partial charge in [-0.05, 0) is 66.7 Å². The molecule has 0 unspecified atom stereocenters. The summed E-state index contributed by atoms with van der Waals surface area (Å²) in [5.41, 5.74) is 1.59. The second kappa shape index (κ2) is 8.78. The minimum atomic E-state index is -0.408. The lowest BCUT2D eigenvalue weighted by Crippen LogP contribution is -2.18. The van der Waals surface area contributed by atoms with E-state index in [1.807, 2.05) is 0 Å². The molecule has 28 heavy (non-hydrogen) atoms. The minimum absolute atomic E-state index is 0.240. The minimum Gasteiger partial charge on any atom is -0.497 e. The van der Waals surface area contributed by atoms with E-state index in [-0.39, 0.29) is 11.5 Å². The summed E-state index contributed by atoms with van der Waals surface area (Å²) in [6, 6.07) is 18.0. The lowest BCUT2D eigenvalue weighted by Gasteiger charge is -2.12. The molecule has 0 radical (unpaired) electrons. The normalized spacial score (nSPS) is 10.2. The van der Waals surface area contributed by atoms with Crippen LogP contribution in [0.3, 0.4) is 0 Å². The number of anilines is 2. The van der Waals surface area contributed by atoms with Crippen molar-refractivity contribution in [3.05, 3.63) is 87.9 Å². The molecule has 0 aromatic heterocycles. The van der Waals surface area contributed by atoms with Gasteiger partial charge >= 0.3 is 0 Å². The highest BCUT2D eigenvalue weighted by Crippen LogP contribution is 2.24. The fraction of sp³-hybridized carbons (Fsp3) is 0.0476. The van der Waals surface area contributed by atoms with Gasteiger partial charge in [-0.3, -0.25) is 9.59 Å². The van der Waals surface area contributed by atoms with E-state index in [4.69, 9.17) is 27.9 Å². The molecule has 142 valence electrons. The van der Waals surface area contributed by atoms with E-state index in [2.05, 4.69) is 10.6 Å². The molecule has 0 aliphatic rings. The van der Waals surface area contributed by atoms with E-state index in [9.17, 15) is 9.59 Å². The van der Waals surface area contributed by atoms with Crippen molar-refractivity contribution >= 4 is 46.4 Å². The van der Waals surface area contributed by atoms with Crippen molar-refractivity contribution < 1.29 is 14.3 Å². The van der Waals surface area contributed by atoms with Crippen LogP contribution in [0.25, 0.3) is 0 Å². The van der Waals surface area contributed by atoms with Crippen LogP contribution in [0.5, 0.6) is 5.75 Å². The molecule has 5 nitrogen and oxygen atoms in total. The number of carbonyl (C=O) groups excluding carboxylic acids is 2. The van der Waals surface area contributed by atoms with Crippen molar-refractivity contribution in [2.45, 2.75) is 0 Å². The third kappa shape index (κ3) is 4.82. The largest absolute Gasteiger partial charge is 0.497 e. The van der Waals surface area contributed by atoms with Crippen molar-refractivity contribution in [3.8, 4) is 5.75 Å². The number of nitrogens with one attached hydrogen (secondary N) is 2. The number of carbonyl (C=O) groups is 2. The lowest BCUT2D eigenvalue weighted by atomic mass is 10.1. The van der Waals surface area contributed by atoms with Crippen molar-refractivity contribution in [1.29, 1.82) is 0 Å². The molecule has 3 aromatic rings. The summed E-state index contributed by atoms with van der Waals surface area (Å²) in [5, 5.41) is 6.45. The van der Waals surface area contributed by atoms with Crippen LogP contribution in [-0.4, -0.2) is 18.9 Å². The number of methoxy groups -OCH3 is 1. The maximum Gasteiger partial charge on any atom is 0.257 e. The number of benzene rings is 3. The van der Waals surface area contributed by atoms with Gasteiger partial charge in [0, 0.05) is 21.3 Å². The average molecular weight is 415 g/mol. The zero-order chi connectivity index (χ0) is 20.1. The van der Waals surface area contributed by atoms with E-state index >= 15 is 0 Å². The second-order valence-corrected chi connectivity index (χ2v) is 6.71. The van der Waals surface area contributed by atoms with Gasteiger partial charge in [0.15, 0.2) is 0 Å². The molecule has 0 bridgehead atoms. The Morgan fingerprint density at radius 3 is 2.07 bits per heavy atom. The summed E-state index contributed by atoms with van der Waals surface area (Å²) in [4.78, 5) is 25.2. The zero-order valence-electron chi connectivity index (χ0n) is 14.8. The predicted molar refractivity (Wildman–Crippen MR) is 112 cm³/mol. The van der Waals surface area contributed by atoms with E-state index in [1.165, 1.54) is 6.07 Å². The van der Waals surface area contributed by atoms with Gasteiger partial charge in [0.2, 0.25) is 0 Å². The third-order valence-electron chi connectivity index (χ3n) is 3.93. The van der Waals surface area contributed by atoms with Gasteiger partial charge < -0.3 is 15.4 Å². The predicted octanol–water partition coefficient (Wildman–Crippen LogP) is 5.51. The van der Waals surface area contributed by atoms with Gasteiger partial charge in [-0.1, -0.05) is 23.2 Å². The van der Waals surface area contributed by atoms with Crippen molar-refractivity contribution in [3.63, 3.8) is 0 Å². The summed E-state index contributed by atoms with van der Waals surface area (Å²) < 4.78 is 5.09. The summed E-state index contributed by atoms with van der Waals surface area (Å²) in [6.07, 6.45) is 0. The van der Waals surface area contributed by atoms with Crippen molar-refractivity contribution in [2.24, 2.45) is 0 Å². The highest BCUT2D eigenvalue weighted by molar-refractivity contribution is 6.31. The molecule has 0 heterocycles. The summed E-state index contributed by atoms with van der Waals surface area (Å²) in [6.45, 7) is 0. The van der Waals surface area contributed by atoms with Gasteiger partial charge in [0.05, 0.1) is 18.4 Å². The lowest BCUT2D eigenvalue weighted by molar-refractivity contribution is 0.102. The molecule has 3 rings (SSSR count). The molecule has 7 heteroatoms. The number of hydrogen-bond acceptors (Lipinski definition) is 3. The quantitative estimate of drug-likeness (QED) is 0.578. The van der Waals surface area contributed by atoms with Gasteiger partial charge in [-0.2, -0.15) is 0 Å². The molecule has 2 N–H and O–H groups in total. The highest BCUT2D eigenvalue weighted by atomic mass is 35.5. The van der Waals surface area contributed by atoms with Crippen LogP contribution >= 0.6 is 23.2 Å². The topological polar surface area (TPSA) is 67.4 Å². The Morgan fingerprint density at radius 1 is 0.786 bits per heavy atom. The Morgan fingerprint density at radius 2 is 1.43 bits per heavy atom. The number of rotatable bonds is 5. The highest BCUT2D eigenvalue weighted by Gasteiger charge is 2.16. The Kier molecular flexibility index (Phi) is 6.19. The first-order valence-corrected chi connectivity index (χ1v) is 9.04. The molecule has 2 amide bonds. The fourth-order valence-corrected chi connectivity index (χ4v) is 2.78. The second-order valence-electron chi connectivity index (χ2n) is 5.83. The van der Waals surface area contributed by atoms with Crippen LogP contribution in [0.2, 0.25) is 10.0 Å². The number of ether oxygens (including phenoxy) is 1. The van der Waals surface area contributed by atoms with E-state index in [1.54, 1.807) is 67.8 Å². The molecular formula is C21H16Cl2N2O3. The van der Waals surface area contributed by atoms with E-state index in [0.717, 1.165) is 0 Å². The molecule has 0 aliphatic carbocycles. The maximum absolute atomic E-state index is 12.7. The number of halogens is 2. The van der Waals surface area contributed by atoms with Crippen LogP contribution in [0.1, 0.15) is 20.7 Å². The van der Waals surface area contributed by atoms with Gasteiger partial charge in [-0.25, -0.2) is 0 Å². The number of hydrogen-bond donors (Lipinski definition) is 2. The van der Waals surface area contributed by atoms with Crippen LogP contribution < -0.4 is 15.4 Å². The monoisotopic (exact) mass is 414 g/mol. The van der Waals surface area contributed by atoms with Gasteiger partial charge in [0.25, 0.3) is 11.8 Å². The summed E-state index contributed by atoms with van der Waals surface area (Å²) in [7, 11) is 1.55. The first-order chi connectivity index (χ1) is 13.5. The molecule has 0 fully saturated rings. The van der Waals surface area contributed by atoms with Crippen LogP contribution in [0.4, 0.5) is 11.4 Å². The molecule has 3 aromatic carbocycles. The standard InChI is InChI=1S/C21H16Cl2N2O3/c1-28-17-9-2-13(3-10-17)20(26)25-19-11-6-15(23)12-18(19)21(27)24-16-7-4-14(22)5-8-16/h2-12H,1H3,(H,24,27)(H,25,26). The third-order valence-corrected chi connectivity index (χ3v) is 4.42. The van der Waals surface area contributed by atoms with Crippen LogP contribution in [0.15, 0.2) is 66.7 Å².